The molecule has 0 amide bonds. The molecule has 0 N–H and O–H groups in total. The highest BCUT2D eigenvalue weighted by atomic mass is 15.2. The Balaban J connectivity index is 1.03. The molecule has 3 aliphatic rings. The minimum Gasteiger partial charge on any atom is -0.310 e. The van der Waals surface area contributed by atoms with E-state index in [0.29, 0.717) is 0 Å². The van der Waals surface area contributed by atoms with Crippen LogP contribution in [0.25, 0.3) is 100 Å². The number of benzene rings is 16. The summed E-state index contributed by atoms with van der Waals surface area (Å²) in [4.78, 5) is 5.58. The molecule has 0 bridgehead atoms. The van der Waals surface area contributed by atoms with Gasteiger partial charge in [-0.1, -0.05) is 434 Å². The Labute approximate surface area is 738 Å². The third kappa shape index (κ3) is 14.1. The van der Waals surface area contributed by atoms with Gasteiger partial charge in [-0.3, -0.25) is 0 Å². The topological polar surface area (TPSA) is 6.48 Å². The Kier molecular flexibility index (Phi) is 19.8. The molecule has 2 nitrogen and oxygen atoms in total. The van der Waals surface area contributed by atoms with Gasteiger partial charge in [0.05, 0.1) is 16.8 Å². The number of nitrogens with zero attached hydrogens (tertiary/aromatic N) is 2. The Bertz CT molecular complexity index is 6630. The summed E-state index contributed by atoms with van der Waals surface area (Å²) in [5.41, 5.74) is 42.4. The summed E-state index contributed by atoms with van der Waals surface area (Å²) >= 11 is 0. The molecule has 0 saturated heterocycles. The minimum absolute atomic E-state index is 0.132. The summed E-state index contributed by atoms with van der Waals surface area (Å²) in [6, 6.07) is 139. The van der Waals surface area contributed by atoms with Crippen molar-refractivity contribution in [2.75, 3.05) is 9.80 Å². The van der Waals surface area contributed by atoms with Crippen LogP contribution < -0.4 is 26.2 Å². The number of hydrogen-bond acceptors (Lipinski definition) is 2. The molecule has 2 heterocycles. The maximum Gasteiger partial charge on any atom is 0.252 e. The number of fused-ring (bicyclic) bond motifs is 7. The lowest BCUT2D eigenvalue weighted by Crippen LogP contribution is -2.61. The molecule has 0 aromatic heterocycles. The molecule has 0 spiro atoms. The van der Waals surface area contributed by atoms with Crippen molar-refractivity contribution in [3.8, 4) is 100 Å². The van der Waals surface area contributed by atoms with Crippen molar-refractivity contribution in [2.24, 2.45) is 0 Å². The predicted octanol–water partition coefficient (Wildman–Crippen LogP) is 31.3. The van der Waals surface area contributed by atoms with Gasteiger partial charge in [-0.2, -0.15) is 0 Å². The second-order valence-corrected chi connectivity index (χ2v) is 41.3. The SMILES string of the molecule is CC(C)(C)c1cc(-c2ccc3c(c2)N(c2c(-c4ccccc4)cc(C(C)(C)C)cc2-c2ccccc2)c2cc(-c4cc(C(C)(C)C)cc(C(C)(C)C)c4)cc4c2B3c2ccc(-c3cccc5c3C(c3ccccc3)(c3ccccc3-c3ccccc3)c3ccccc3-5)cc2N4c2c(-c3ccccc3)cc(C(C)(C)C)cc2-c2ccccc2)cc(C(C)(C)C)c1. The first kappa shape index (κ1) is 80.9. The molecule has 1 aliphatic carbocycles. The van der Waals surface area contributed by atoms with Crippen molar-refractivity contribution in [1.82, 2.24) is 0 Å². The lowest BCUT2D eigenvalue weighted by atomic mass is 9.33. The zero-order valence-electron chi connectivity index (χ0n) is 75.5. The van der Waals surface area contributed by atoms with Crippen LogP contribution in [0.3, 0.4) is 0 Å². The van der Waals surface area contributed by atoms with Crippen LogP contribution >= 0.6 is 0 Å². The Hall–Kier alpha value is -12.8. The molecular formula is C121H113BN2. The molecular weight excluding hydrogens is 1490 g/mol. The lowest BCUT2D eigenvalue weighted by Gasteiger charge is -2.46. The molecule has 1 atom stereocenters. The van der Waals surface area contributed by atoms with Crippen LogP contribution in [0.1, 0.15) is 180 Å². The van der Waals surface area contributed by atoms with Crippen LogP contribution in [0.5, 0.6) is 0 Å². The maximum absolute atomic E-state index is 2.79. The van der Waals surface area contributed by atoms with E-state index in [9.17, 15) is 0 Å². The molecule has 19 rings (SSSR count). The molecule has 0 radical (unpaired) electrons. The third-order valence-corrected chi connectivity index (χ3v) is 26.8. The molecule has 16 aromatic carbocycles. The van der Waals surface area contributed by atoms with E-state index in [1.165, 1.54) is 128 Å². The second kappa shape index (κ2) is 30.3. The maximum atomic E-state index is 2.79. The summed E-state index contributed by atoms with van der Waals surface area (Å²) in [5, 5.41) is 0. The van der Waals surface area contributed by atoms with E-state index in [4.69, 9.17) is 0 Å². The van der Waals surface area contributed by atoms with Gasteiger partial charge in [0.2, 0.25) is 0 Å². The zero-order valence-corrected chi connectivity index (χ0v) is 75.5. The monoisotopic (exact) mass is 1600 g/mol. The number of rotatable bonds is 12. The fourth-order valence-corrected chi connectivity index (χ4v) is 20.0. The van der Waals surface area contributed by atoms with Gasteiger partial charge in [-0.05, 0) is 231 Å². The van der Waals surface area contributed by atoms with Crippen molar-refractivity contribution in [3.05, 3.63) is 414 Å². The Morgan fingerprint density at radius 3 is 0.871 bits per heavy atom. The summed E-state index contributed by atoms with van der Waals surface area (Å²) < 4.78 is 0. The molecule has 2 aliphatic heterocycles. The summed E-state index contributed by atoms with van der Waals surface area (Å²) in [7, 11) is 0. The van der Waals surface area contributed by atoms with E-state index in [1.807, 2.05) is 0 Å². The highest BCUT2D eigenvalue weighted by Crippen LogP contribution is 2.62. The lowest BCUT2D eigenvalue weighted by molar-refractivity contribution is 0.568. The highest BCUT2D eigenvalue weighted by Gasteiger charge is 2.51. The van der Waals surface area contributed by atoms with Crippen LogP contribution in [-0.4, -0.2) is 6.71 Å². The predicted molar refractivity (Wildman–Crippen MR) is 533 cm³/mol. The molecule has 124 heavy (non-hydrogen) atoms. The van der Waals surface area contributed by atoms with Crippen LogP contribution in [0.2, 0.25) is 0 Å². The van der Waals surface area contributed by atoms with E-state index in [1.54, 1.807) is 0 Å². The summed E-state index contributed by atoms with van der Waals surface area (Å²) in [6.07, 6.45) is 0. The minimum atomic E-state index is -0.786. The van der Waals surface area contributed by atoms with E-state index >= 15 is 0 Å². The van der Waals surface area contributed by atoms with Crippen molar-refractivity contribution in [2.45, 2.75) is 163 Å². The first-order valence-electron chi connectivity index (χ1n) is 44.7. The molecule has 0 fully saturated rings. The standard InChI is InChI=1S/C121H113BN2/c1-115(2,3)89-64-85(65-90(72-89)116(4,5)6)83-60-62-105-107(68-83)123(113-99(79-44-27-20-28-45-79)74-93(119(13,14)15)75-100(113)80-46-29-21-30-47-80)109-70-87(86-66-91(117(7,8)9)73-92(67-86)118(10,11)12)71-110-112(109)122(105)106-63-61-84(69-108(106)124(110)114-101(81-48-31-22-32-49-81)76-94(120(16,17)18)77-102(114)82-50-33-23-34-51-82)96-56-41-57-98-97-55-38-40-59-104(97)121(111(96)98,88-52-35-24-36-53-88)103-58-39-37-54-95(103)78-42-25-19-26-43-78/h19-77H,1-18H3. The van der Waals surface area contributed by atoms with E-state index in [2.05, 4.69) is 492 Å². The Morgan fingerprint density at radius 2 is 0.484 bits per heavy atom. The van der Waals surface area contributed by atoms with Gasteiger partial charge in [0.25, 0.3) is 6.71 Å². The van der Waals surface area contributed by atoms with E-state index < -0.39 is 5.41 Å². The number of hydrogen-bond donors (Lipinski definition) is 0. The fraction of sp³-hybridized carbons (Fsp3) is 0.207. The molecule has 1 unspecified atom stereocenters. The highest BCUT2D eigenvalue weighted by molar-refractivity contribution is 7.00. The third-order valence-electron chi connectivity index (χ3n) is 26.8. The van der Waals surface area contributed by atoms with Crippen molar-refractivity contribution in [1.29, 1.82) is 0 Å². The van der Waals surface area contributed by atoms with Gasteiger partial charge in [0.1, 0.15) is 0 Å². The zero-order chi connectivity index (χ0) is 86.3. The fourth-order valence-electron chi connectivity index (χ4n) is 20.0. The molecule has 0 saturated carbocycles. The van der Waals surface area contributed by atoms with Gasteiger partial charge in [0, 0.05) is 45.0 Å². The second-order valence-electron chi connectivity index (χ2n) is 41.3. The largest absolute Gasteiger partial charge is 0.310 e. The van der Waals surface area contributed by atoms with Gasteiger partial charge < -0.3 is 9.80 Å². The van der Waals surface area contributed by atoms with Gasteiger partial charge in [-0.15, -0.1) is 0 Å². The van der Waals surface area contributed by atoms with Gasteiger partial charge in [-0.25, -0.2) is 0 Å². The molecule has 610 valence electrons. The average Bonchev–Trinajstić information content (AvgIpc) is 1.29. The van der Waals surface area contributed by atoms with Crippen LogP contribution in [0.15, 0.2) is 358 Å². The Morgan fingerprint density at radius 1 is 0.202 bits per heavy atom. The first-order valence-corrected chi connectivity index (χ1v) is 44.7. The first-order chi connectivity index (χ1) is 59.3. The van der Waals surface area contributed by atoms with Crippen molar-refractivity contribution >= 4 is 57.2 Å². The van der Waals surface area contributed by atoms with Crippen LogP contribution in [0.4, 0.5) is 34.1 Å². The molecule has 16 aromatic rings. The normalized spacial score (nSPS) is 14.4. The van der Waals surface area contributed by atoms with Crippen molar-refractivity contribution < 1.29 is 0 Å². The van der Waals surface area contributed by atoms with Gasteiger partial charge in [0.15, 0.2) is 0 Å². The van der Waals surface area contributed by atoms with E-state index in [0.717, 1.165) is 78.6 Å². The average molecular weight is 1610 g/mol. The smallest absolute Gasteiger partial charge is 0.252 e. The van der Waals surface area contributed by atoms with Crippen LogP contribution in [-0.2, 0) is 37.9 Å². The molecule has 3 heteroatoms. The van der Waals surface area contributed by atoms with Crippen molar-refractivity contribution in [3.63, 3.8) is 0 Å². The van der Waals surface area contributed by atoms with Gasteiger partial charge >= 0.3 is 0 Å². The summed E-state index contributed by atoms with van der Waals surface area (Å²) in [5.74, 6) is 0. The van der Waals surface area contributed by atoms with Crippen LogP contribution in [0, 0.1) is 0 Å². The van der Waals surface area contributed by atoms with E-state index in [-0.39, 0.29) is 39.2 Å². The quantitative estimate of drug-likeness (QED) is 0.113. The summed E-state index contributed by atoms with van der Waals surface area (Å²) in [6.45, 7) is 42.5. The number of anilines is 6.